The minimum atomic E-state index is -4.07. The SMILES string of the molecule is O=C(OC(CCCCCCCCCC[SiH2]O[SiH2]O[SiH3])Oc1ccccc1-c1ccccc1)c1ccc(COCCCCCCCC(F)(F)F)cc1. The Kier molecular flexibility index (Phi) is 21.8. The van der Waals surface area contributed by atoms with Crippen molar-refractivity contribution in [3.63, 3.8) is 0 Å². The van der Waals surface area contributed by atoms with E-state index in [0.29, 0.717) is 37.4 Å². The molecule has 0 bridgehead atoms. The van der Waals surface area contributed by atoms with Crippen molar-refractivity contribution in [2.24, 2.45) is 0 Å². The van der Waals surface area contributed by atoms with E-state index in [0.717, 1.165) is 65.7 Å². The van der Waals surface area contributed by atoms with Gasteiger partial charge < -0.3 is 22.4 Å². The van der Waals surface area contributed by atoms with Gasteiger partial charge in [0.05, 0.1) is 12.2 Å². The standard InChI is InChI=1S/C39H57F3O6Si3/c40-39(41,42)28-16-7-5-8-17-29-44-31-32-24-26-34(27-25-32)38(43)46-37(23-13-6-3-1-2-4-9-18-30-50-48-51-47-49)45-36-22-15-14-21-35(36)33-19-11-10-12-20-33/h10-12,14-15,19-22,24-27,37H,1-9,13,16-18,23,28-31,50-51H2,49H3. The molecule has 0 aliphatic rings. The van der Waals surface area contributed by atoms with Crippen LogP contribution in [0.2, 0.25) is 6.04 Å². The Morgan fingerprint density at radius 1 is 0.725 bits per heavy atom. The fourth-order valence-electron chi connectivity index (χ4n) is 5.78. The molecule has 3 aromatic carbocycles. The van der Waals surface area contributed by atoms with Gasteiger partial charge >= 0.3 is 12.1 Å². The number of carbonyl (C=O) groups is 1. The monoisotopic (exact) mass is 762 g/mol. The molecule has 3 aromatic rings. The summed E-state index contributed by atoms with van der Waals surface area (Å²) in [6, 6.07) is 26.3. The van der Waals surface area contributed by atoms with Crippen molar-refractivity contribution >= 4 is 36.2 Å². The van der Waals surface area contributed by atoms with E-state index in [1.165, 1.54) is 38.1 Å². The van der Waals surface area contributed by atoms with Gasteiger partial charge in [0.2, 0.25) is 6.29 Å². The first-order chi connectivity index (χ1) is 24.9. The fraction of sp³-hybridized carbons (Fsp3) is 0.513. The number of ether oxygens (including phenoxy) is 3. The summed E-state index contributed by atoms with van der Waals surface area (Å²) in [6.07, 6.45) is 7.65. The summed E-state index contributed by atoms with van der Waals surface area (Å²) in [7, 11) is -0.192. The molecule has 0 saturated heterocycles. The highest BCUT2D eigenvalue weighted by Crippen LogP contribution is 2.31. The van der Waals surface area contributed by atoms with E-state index in [9.17, 15) is 18.0 Å². The summed E-state index contributed by atoms with van der Waals surface area (Å²) in [5, 5.41) is 0. The summed E-state index contributed by atoms with van der Waals surface area (Å²) in [6.45, 7) is 0.945. The zero-order chi connectivity index (χ0) is 36.4. The van der Waals surface area contributed by atoms with E-state index in [1.54, 1.807) is 12.1 Å². The summed E-state index contributed by atoms with van der Waals surface area (Å²) < 4.78 is 65.8. The summed E-state index contributed by atoms with van der Waals surface area (Å²) in [5.74, 6) is 0.241. The Morgan fingerprint density at radius 2 is 1.35 bits per heavy atom. The van der Waals surface area contributed by atoms with Gasteiger partial charge in [-0.15, -0.1) is 0 Å². The van der Waals surface area contributed by atoms with Crippen LogP contribution in [0.5, 0.6) is 5.75 Å². The van der Waals surface area contributed by atoms with Crippen LogP contribution in [-0.4, -0.2) is 55.3 Å². The Balaban J connectivity index is 1.45. The first-order valence-corrected chi connectivity index (χ1v) is 22.2. The second-order valence-corrected chi connectivity index (χ2v) is 18.3. The Morgan fingerprint density at radius 3 is 2.06 bits per heavy atom. The van der Waals surface area contributed by atoms with Crippen molar-refractivity contribution in [1.82, 2.24) is 0 Å². The normalized spacial score (nSPS) is 12.7. The number of unbranched alkanes of at least 4 members (excludes halogenated alkanes) is 11. The van der Waals surface area contributed by atoms with Crippen LogP contribution in [0, 0.1) is 0 Å². The second-order valence-electron chi connectivity index (χ2n) is 13.0. The maximum absolute atomic E-state index is 13.3. The Bertz CT molecular complexity index is 1330. The molecule has 282 valence electrons. The minimum Gasteiger partial charge on any atom is -0.454 e. The number of carbonyl (C=O) groups excluding carboxylic acids is 1. The topological polar surface area (TPSA) is 63.2 Å². The average molecular weight is 763 g/mol. The summed E-state index contributed by atoms with van der Waals surface area (Å²) in [4.78, 5) is 13.3. The lowest BCUT2D eigenvalue weighted by Crippen LogP contribution is -2.25. The first-order valence-electron chi connectivity index (χ1n) is 18.7. The molecule has 0 aromatic heterocycles. The number of benzene rings is 3. The molecule has 0 aliphatic carbocycles. The number of rotatable bonds is 28. The number of esters is 1. The van der Waals surface area contributed by atoms with Gasteiger partial charge in [0.1, 0.15) is 26.0 Å². The van der Waals surface area contributed by atoms with Gasteiger partial charge in [-0.25, -0.2) is 4.79 Å². The molecular weight excluding hydrogens is 706 g/mol. The molecule has 0 radical (unpaired) electrons. The highest BCUT2D eigenvalue weighted by Gasteiger charge is 2.25. The molecular formula is C39H57F3O6Si3. The van der Waals surface area contributed by atoms with Gasteiger partial charge in [0.15, 0.2) is 0 Å². The molecule has 0 N–H and O–H groups in total. The van der Waals surface area contributed by atoms with Crippen LogP contribution in [-0.2, 0) is 24.3 Å². The van der Waals surface area contributed by atoms with E-state index in [-0.39, 0.29) is 16.2 Å². The number of alkyl halides is 3. The third-order valence-electron chi connectivity index (χ3n) is 8.61. The highest BCUT2D eigenvalue weighted by molar-refractivity contribution is 6.41. The molecule has 0 saturated carbocycles. The zero-order valence-corrected chi connectivity index (χ0v) is 35.1. The molecule has 0 spiro atoms. The van der Waals surface area contributed by atoms with Gasteiger partial charge in [-0.2, -0.15) is 13.2 Å². The predicted molar refractivity (Wildman–Crippen MR) is 207 cm³/mol. The smallest absolute Gasteiger partial charge is 0.389 e. The number of para-hydroxylation sites is 1. The van der Waals surface area contributed by atoms with E-state index in [4.69, 9.17) is 22.4 Å². The molecule has 1 unspecified atom stereocenters. The molecule has 12 heteroatoms. The molecule has 1 atom stereocenters. The van der Waals surface area contributed by atoms with Crippen molar-refractivity contribution in [2.45, 2.75) is 121 Å². The van der Waals surface area contributed by atoms with Crippen LogP contribution in [0.15, 0.2) is 78.9 Å². The lowest BCUT2D eigenvalue weighted by Gasteiger charge is -2.21. The van der Waals surface area contributed by atoms with Crippen LogP contribution in [0.1, 0.15) is 112 Å². The van der Waals surface area contributed by atoms with Crippen molar-refractivity contribution in [3.05, 3.63) is 90.0 Å². The Labute approximate surface area is 310 Å². The van der Waals surface area contributed by atoms with Crippen LogP contribution in [0.4, 0.5) is 13.2 Å². The van der Waals surface area contributed by atoms with Gasteiger partial charge in [-0.05, 0) is 54.6 Å². The molecule has 3 rings (SSSR count). The van der Waals surface area contributed by atoms with E-state index >= 15 is 0 Å². The highest BCUT2D eigenvalue weighted by atomic mass is 28.3. The van der Waals surface area contributed by atoms with E-state index in [2.05, 4.69) is 0 Å². The largest absolute Gasteiger partial charge is 0.454 e. The maximum Gasteiger partial charge on any atom is 0.389 e. The molecule has 6 nitrogen and oxygen atoms in total. The van der Waals surface area contributed by atoms with E-state index < -0.39 is 34.9 Å². The first kappa shape index (κ1) is 42.7. The number of hydrogen-bond acceptors (Lipinski definition) is 6. The van der Waals surface area contributed by atoms with Crippen molar-refractivity contribution < 1.29 is 40.4 Å². The van der Waals surface area contributed by atoms with Gasteiger partial charge in [-0.1, -0.05) is 125 Å². The molecule has 51 heavy (non-hydrogen) atoms. The second kappa shape index (κ2) is 26.1. The summed E-state index contributed by atoms with van der Waals surface area (Å²) in [5.41, 5.74) is 3.35. The molecule has 0 heterocycles. The van der Waals surface area contributed by atoms with E-state index in [1.807, 2.05) is 66.7 Å². The number of halogens is 3. The molecule has 0 amide bonds. The lowest BCUT2D eigenvalue weighted by atomic mass is 10.0. The average Bonchev–Trinajstić information content (AvgIpc) is 3.13. The van der Waals surface area contributed by atoms with Crippen LogP contribution >= 0.6 is 0 Å². The maximum atomic E-state index is 13.3. The third kappa shape index (κ3) is 19.6. The van der Waals surface area contributed by atoms with Gasteiger partial charge in [0, 0.05) is 25.0 Å². The van der Waals surface area contributed by atoms with Crippen LogP contribution < -0.4 is 4.74 Å². The minimum absolute atomic E-state index is 0.184. The zero-order valence-electron chi connectivity index (χ0n) is 30.3. The van der Waals surface area contributed by atoms with Crippen molar-refractivity contribution in [3.8, 4) is 16.9 Å². The third-order valence-corrected chi connectivity index (χ3v) is 12.2. The predicted octanol–water partition coefficient (Wildman–Crippen LogP) is 8.66. The van der Waals surface area contributed by atoms with Crippen molar-refractivity contribution in [2.75, 3.05) is 6.61 Å². The quantitative estimate of drug-likeness (QED) is 0.0320. The number of hydrogen-bond donors (Lipinski definition) is 0. The summed E-state index contributed by atoms with van der Waals surface area (Å²) >= 11 is 0. The molecule has 0 fully saturated rings. The van der Waals surface area contributed by atoms with Gasteiger partial charge in [0.25, 0.3) is 10.0 Å². The lowest BCUT2D eigenvalue weighted by molar-refractivity contribution is -0.135. The van der Waals surface area contributed by atoms with Gasteiger partial charge in [-0.3, -0.25) is 0 Å². The fourth-order valence-corrected chi connectivity index (χ4v) is 9.79. The Hall–Kier alpha value is -2.75. The van der Waals surface area contributed by atoms with Crippen LogP contribution in [0.25, 0.3) is 11.1 Å². The molecule has 0 aliphatic heterocycles. The van der Waals surface area contributed by atoms with Crippen LogP contribution in [0.3, 0.4) is 0 Å². The van der Waals surface area contributed by atoms with Crippen molar-refractivity contribution in [1.29, 1.82) is 0 Å².